The Morgan fingerprint density at radius 1 is 0.969 bits per heavy atom. The first-order valence-corrected chi connectivity index (χ1v) is 11.5. The van der Waals surface area contributed by atoms with Gasteiger partial charge >= 0.3 is 0 Å². The van der Waals surface area contributed by atoms with Crippen molar-refractivity contribution in [2.24, 2.45) is 5.73 Å². The first-order chi connectivity index (χ1) is 15.7. The molecule has 3 N–H and O–H groups in total. The third-order valence-corrected chi connectivity index (χ3v) is 6.45. The van der Waals surface area contributed by atoms with Crippen LogP contribution in [0.5, 0.6) is 0 Å². The molecule has 0 aliphatic heterocycles. The molecule has 2 unspecified atom stereocenters. The van der Waals surface area contributed by atoms with Gasteiger partial charge in [0.15, 0.2) is 0 Å². The average molecular weight is 440 g/mol. The second kappa shape index (κ2) is 9.15. The van der Waals surface area contributed by atoms with Crippen LogP contribution >= 0.6 is 11.6 Å². The van der Waals surface area contributed by atoms with E-state index in [0.29, 0.717) is 0 Å². The zero-order valence-electron chi connectivity index (χ0n) is 17.8. The first-order valence-electron chi connectivity index (χ1n) is 11.1. The Morgan fingerprint density at radius 3 is 2.59 bits per heavy atom. The molecule has 160 valence electrons. The summed E-state index contributed by atoms with van der Waals surface area (Å²) < 4.78 is 0. The normalized spacial score (nSPS) is 18.4. The van der Waals surface area contributed by atoms with Crippen molar-refractivity contribution in [3.05, 3.63) is 107 Å². The Kier molecular flexibility index (Phi) is 5.93. The summed E-state index contributed by atoms with van der Waals surface area (Å²) in [6.07, 6.45) is 12.8. The van der Waals surface area contributed by atoms with E-state index in [9.17, 15) is 0 Å². The van der Waals surface area contributed by atoms with E-state index in [2.05, 4.69) is 77.1 Å². The van der Waals surface area contributed by atoms with E-state index in [1.54, 1.807) is 6.20 Å². The third-order valence-electron chi connectivity index (χ3n) is 6.12. The summed E-state index contributed by atoms with van der Waals surface area (Å²) >= 11 is 6.14. The Hall–Kier alpha value is -3.14. The fraction of sp³-hybridized carbons (Fsp3) is 0.179. The van der Waals surface area contributed by atoms with Gasteiger partial charge in [0.05, 0.1) is 5.38 Å². The van der Waals surface area contributed by atoms with E-state index in [1.807, 2.05) is 18.2 Å². The van der Waals surface area contributed by atoms with Gasteiger partial charge in [-0.1, -0.05) is 72.8 Å². The molecular weight excluding hydrogens is 414 g/mol. The maximum atomic E-state index is 6.42. The van der Waals surface area contributed by atoms with E-state index in [4.69, 9.17) is 17.3 Å². The van der Waals surface area contributed by atoms with Gasteiger partial charge in [-0.2, -0.15) is 0 Å². The first kappa shape index (κ1) is 20.7. The zero-order valence-corrected chi connectivity index (χ0v) is 18.6. The number of nitrogens with one attached hydrogen (secondary N) is 1. The number of allylic oxidation sites excluding steroid dienone is 2. The van der Waals surface area contributed by atoms with Crippen LogP contribution in [0.25, 0.3) is 22.8 Å². The zero-order chi connectivity index (χ0) is 21.9. The minimum atomic E-state index is -0.339. The van der Waals surface area contributed by atoms with Crippen molar-refractivity contribution < 1.29 is 0 Å². The highest BCUT2D eigenvalue weighted by molar-refractivity contribution is 6.22. The highest BCUT2D eigenvalue weighted by Crippen LogP contribution is 2.29. The number of anilines is 1. The van der Waals surface area contributed by atoms with Crippen LogP contribution in [0.3, 0.4) is 0 Å². The van der Waals surface area contributed by atoms with Crippen LogP contribution in [0.15, 0.2) is 90.7 Å². The number of halogens is 1. The molecule has 3 nitrogen and oxygen atoms in total. The number of hydrogen-bond donors (Lipinski definition) is 2. The predicted octanol–water partition coefficient (Wildman–Crippen LogP) is 4.71. The van der Waals surface area contributed by atoms with Crippen LogP contribution in [0.4, 0.5) is 5.82 Å². The average Bonchev–Trinajstić information content (AvgIpc) is 2.84. The summed E-state index contributed by atoms with van der Waals surface area (Å²) in [5, 5.41) is 6.10. The molecule has 5 rings (SSSR count). The van der Waals surface area contributed by atoms with E-state index >= 15 is 0 Å². The molecule has 1 aromatic heterocycles. The smallest absolute Gasteiger partial charge is 0.135 e. The van der Waals surface area contributed by atoms with Crippen molar-refractivity contribution in [3.63, 3.8) is 0 Å². The Balaban J connectivity index is 1.44. The molecule has 2 aliphatic carbocycles. The molecule has 0 saturated carbocycles. The number of nitrogens with two attached hydrogens (primary N) is 1. The van der Waals surface area contributed by atoms with Crippen molar-refractivity contribution in [1.82, 2.24) is 4.98 Å². The van der Waals surface area contributed by atoms with Crippen LogP contribution in [0.1, 0.15) is 24.8 Å². The van der Waals surface area contributed by atoms with Crippen molar-refractivity contribution in [2.45, 2.75) is 30.8 Å². The Labute approximate surface area is 193 Å². The summed E-state index contributed by atoms with van der Waals surface area (Å²) in [5.74, 6) is 0.778. The number of alkyl halides is 1. The van der Waals surface area contributed by atoms with Crippen molar-refractivity contribution in [1.29, 1.82) is 0 Å². The van der Waals surface area contributed by atoms with Crippen LogP contribution in [0.2, 0.25) is 0 Å². The maximum Gasteiger partial charge on any atom is 0.135 e. The molecule has 0 spiro atoms. The highest BCUT2D eigenvalue weighted by Gasteiger charge is 2.15. The van der Waals surface area contributed by atoms with E-state index < -0.39 is 0 Å². The van der Waals surface area contributed by atoms with E-state index in [0.717, 1.165) is 41.8 Å². The van der Waals surface area contributed by atoms with Gasteiger partial charge in [-0.15, -0.1) is 11.6 Å². The van der Waals surface area contributed by atoms with Crippen molar-refractivity contribution in [2.75, 3.05) is 5.32 Å². The summed E-state index contributed by atoms with van der Waals surface area (Å²) in [7, 11) is 0. The molecule has 1 heterocycles. The van der Waals surface area contributed by atoms with Gasteiger partial charge in [0.2, 0.25) is 0 Å². The monoisotopic (exact) mass is 439 g/mol. The summed E-state index contributed by atoms with van der Waals surface area (Å²) in [6.45, 7) is 0. The molecule has 0 bridgehead atoms. The number of fused-ring (bicyclic) bond motifs is 1. The fourth-order valence-corrected chi connectivity index (χ4v) is 4.59. The topological polar surface area (TPSA) is 50.9 Å². The van der Waals surface area contributed by atoms with Gasteiger partial charge in [-0.25, -0.2) is 4.98 Å². The quantitative estimate of drug-likeness (QED) is 0.447. The highest BCUT2D eigenvalue weighted by atomic mass is 35.5. The summed E-state index contributed by atoms with van der Waals surface area (Å²) in [4.78, 5) is 4.57. The predicted molar refractivity (Wildman–Crippen MR) is 135 cm³/mol. The number of hydrogen-bond acceptors (Lipinski definition) is 3. The lowest BCUT2D eigenvalue weighted by molar-refractivity contribution is 0.864. The van der Waals surface area contributed by atoms with Crippen LogP contribution in [0, 0.1) is 0 Å². The molecular formula is C28H26ClN3. The van der Waals surface area contributed by atoms with Crippen LogP contribution in [-0.4, -0.2) is 16.5 Å². The SMILES string of the molecule is NC(Nc1ncccc1-c1ccc(C2=c3ccccc3=CCC2)cc1)C1=CCC(Cl)C=C1. The molecule has 0 saturated heterocycles. The molecule has 0 amide bonds. The van der Waals surface area contributed by atoms with E-state index in [-0.39, 0.29) is 11.5 Å². The number of pyridine rings is 1. The second-order valence-electron chi connectivity index (χ2n) is 8.22. The molecule has 0 fully saturated rings. The molecule has 0 radical (unpaired) electrons. The van der Waals surface area contributed by atoms with Crippen molar-refractivity contribution in [3.8, 4) is 11.1 Å². The number of rotatable bonds is 5. The molecule has 3 aromatic rings. The number of nitrogens with zero attached hydrogens (tertiary/aromatic N) is 1. The van der Waals surface area contributed by atoms with Gasteiger partial charge in [-0.3, -0.25) is 0 Å². The lowest BCUT2D eigenvalue weighted by Crippen LogP contribution is -2.32. The van der Waals surface area contributed by atoms with Gasteiger partial charge < -0.3 is 11.1 Å². The van der Waals surface area contributed by atoms with Gasteiger partial charge in [-0.05, 0) is 64.1 Å². The van der Waals surface area contributed by atoms with Gasteiger partial charge in [0.1, 0.15) is 12.0 Å². The third kappa shape index (κ3) is 4.27. The number of benzene rings is 2. The molecule has 2 aliphatic rings. The van der Waals surface area contributed by atoms with Crippen molar-refractivity contribution >= 4 is 29.1 Å². The Morgan fingerprint density at radius 2 is 1.78 bits per heavy atom. The number of aromatic nitrogens is 1. The van der Waals surface area contributed by atoms with Crippen LogP contribution < -0.4 is 21.5 Å². The largest absolute Gasteiger partial charge is 0.350 e. The van der Waals surface area contributed by atoms with E-state index in [1.165, 1.54) is 21.6 Å². The molecule has 4 heteroatoms. The second-order valence-corrected chi connectivity index (χ2v) is 8.78. The molecule has 2 aromatic carbocycles. The van der Waals surface area contributed by atoms with Gasteiger partial charge in [0, 0.05) is 11.8 Å². The standard InChI is InChI=1S/C28H26ClN3/c29-23-16-14-22(15-17-23)27(30)32-28-26(9-4-18-31-28)21-12-10-20(11-13-21)25-8-3-6-19-5-1-2-7-24(19)25/h1-2,4-7,9-16,18,23,27H,3,8,17,30H2,(H,31,32). The lowest BCUT2D eigenvalue weighted by Gasteiger charge is -2.21. The summed E-state index contributed by atoms with van der Waals surface area (Å²) in [6, 6.07) is 21.5. The fourth-order valence-electron chi connectivity index (χ4n) is 4.43. The Bertz CT molecular complexity index is 1310. The minimum Gasteiger partial charge on any atom is -0.350 e. The minimum absolute atomic E-state index is 0.0433. The lowest BCUT2D eigenvalue weighted by atomic mass is 9.92. The van der Waals surface area contributed by atoms with Gasteiger partial charge in [0.25, 0.3) is 0 Å². The molecule has 32 heavy (non-hydrogen) atoms. The maximum absolute atomic E-state index is 6.42. The molecule has 2 atom stereocenters. The van der Waals surface area contributed by atoms with Crippen LogP contribution in [-0.2, 0) is 0 Å². The summed E-state index contributed by atoms with van der Waals surface area (Å²) in [5.41, 5.74) is 12.3.